The average Bonchev–Trinajstić information content (AvgIpc) is 2.16. The molecule has 1 rings (SSSR count). The van der Waals surface area contributed by atoms with E-state index < -0.39 is 0 Å². The van der Waals surface area contributed by atoms with Gasteiger partial charge in [-0.15, -0.1) is 0 Å². The van der Waals surface area contributed by atoms with Crippen LogP contribution in [0.3, 0.4) is 0 Å². The van der Waals surface area contributed by atoms with Gasteiger partial charge in [0.15, 0.2) is 0 Å². The number of nitrogens with zero attached hydrogens (tertiary/aromatic N) is 2. The fraction of sp³-hybridized carbons (Fsp3) is 0.100. The van der Waals surface area contributed by atoms with E-state index in [1.165, 1.54) is 0 Å². The summed E-state index contributed by atoms with van der Waals surface area (Å²) in [7, 11) is 1.89. The van der Waals surface area contributed by atoms with Crippen LogP contribution < -0.4 is 0 Å². The Morgan fingerprint density at radius 3 is 2.58 bits per heavy atom. The Kier molecular flexibility index (Phi) is 3.08. The van der Waals surface area contributed by atoms with E-state index in [0.717, 1.165) is 5.69 Å². The predicted molar refractivity (Wildman–Crippen MR) is 52.6 cm³/mol. The quantitative estimate of drug-likeness (QED) is 0.489. The summed E-state index contributed by atoms with van der Waals surface area (Å²) in [5.41, 5.74) is 0.950. The first-order valence-electron chi connectivity index (χ1n) is 3.76. The van der Waals surface area contributed by atoms with Crippen LogP contribution in [0.4, 0.5) is 5.69 Å². The van der Waals surface area contributed by atoms with E-state index in [4.69, 9.17) is 0 Å². The smallest absolute Gasteiger partial charge is 0.0949 e. The maximum atomic E-state index is 4.21. The molecule has 0 radical (unpaired) electrons. The lowest BCUT2D eigenvalue weighted by Crippen LogP contribution is -2.05. The fourth-order valence-corrected chi connectivity index (χ4v) is 0.719. The van der Waals surface area contributed by atoms with Gasteiger partial charge in [0.1, 0.15) is 0 Å². The first-order chi connectivity index (χ1) is 5.83. The lowest BCUT2D eigenvalue weighted by Gasteiger charge is -2.03. The highest BCUT2D eigenvalue weighted by molar-refractivity contribution is 5.61. The molecule has 1 aromatic carbocycles. The molecule has 0 bridgehead atoms. The second-order valence-electron chi connectivity index (χ2n) is 2.43. The van der Waals surface area contributed by atoms with Gasteiger partial charge in [-0.25, -0.2) is 4.99 Å². The van der Waals surface area contributed by atoms with Gasteiger partial charge in [0.2, 0.25) is 0 Å². The maximum Gasteiger partial charge on any atom is 0.0949 e. The first kappa shape index (κ1) is 8.53. The van der Waals surface area contributed by atoms with Crippen LogP contribution in [0.2, 0.25) is 0 Å². The molecule has 2 nitrogen and oxygen atoms in total. The molecule has 62 valence electrons. The summed E-state index contributed by atoms with van der Waals surface area (Å²) in [6, 6.07) is 9.79. The third-order valence-corrected chi connectivity index (χ3v) is 1.43. The number of benzene rings is 1. The van der Waals surface area contributed by atoms with Gasteiger partial charge in [-0.1, -0.05) is 24.8 Å². The summed E-state index contributed by atoms with van der Waals surface area (Å²) in [6.07, 6.45) is 3.43. The molecule has 0 aliphatic carbocycles. The SMILES string of the molecule is C=CN(C)C=Nc1ccccc1. The standard InChI is InChI=1S/C10H12N2/c1-3-12(2)9-11-10-7-5-4-6-8-10/h3-9H,1H2,2H3. The van der Waals surface area contributed by atoms with Crippen molar-refractivity contribution in [2.24, 2.45) is 4.99 Å². The van der Waals surface area contributed by atoms with Crippen LogP contribution in [-0.2, 0) is 0 Å². The minimum absolute atomic E-state index is 0.950. The Labute approximate surface area is 72.9 Å². The molecule has 0 saturated heterocycles. The van der Waals surface area contributed by atoms with Gasteiger partial charge in [-0.2, -0.15) is 0 Å². The molecule has 0 heterocycles. The number of aliphatic imine (C=N–C) groups is 1. The first-order valence-corrected chi connectivity index (χ1v) is 3.76. The van der Waals surface area contributed by atoms with Crippen molar-refractivity contribution in [1.82, 2.24) is 4.90 Å². The Bertz CT molecular complexity index is 264. The van der Waals surface area contributed by atoms with Crippen molar-refractivity contribution in [3.05, 3.63) is 43.1 Å². The summed E-state index contributed by atoms with van der Waals surface area (Å²) in [5.74, 6) is 0. The fourth-order valence-electron chi connectivity index (χ4n) is 0.719. The van der Waals surface area contributed by atoms with Crippen LogP contribution in [0.25, 0.3) is 0 Å². The zero-order chi connectivity index (χ0) is 8.81. The molecular weight excluding hydrogens is 148 g/mol. The van der Waals surface area contributed by atoms with Crippen molar-refractivity contribution in [3.63, 3.8) is 0 Å². The Morgan fingerprint density at radius 1 is 1.33 bits per heavy atom. The molecule has 0 aliphatic rings. The number of rotatable bonds is 3. The summed E-state index contributed by atoms with van der Waals surface area (Å²) in [6.45, 7) is 3.61. The second kappa shape index (κ2) is 4.34. The topological polar surface area (TPSA) is 15.6 Å². The minimum Gasteiger partial charge on any atom is -0.343 e. The van der Waals surface area contributed by atoms with Crippen LogP contribution in [0, 0.1) is 0 Å². The largest absolute Gasteiger partial charge is 0.343 e. The lowest BCUT2D eigenvalue weighted by atomic mass is 10.3. The van der Waals surface area contributed by atoms with Gasteiger partial charge < -0.3 is 4.90 Å². The van der Waals surface area contributed by atoms with E-state index >= 15 is 0 Å². The molecule has 0 unspecified atom stereocenters. The molecule has 0 saturated carbocycles. The molecule has 0 spiro atoms. The summed E-state index contributed by atoms with van der Waals surface area (Å²) >= 11 is 0. The van der Waals surface area contributed by atoms with Gasteiger partial charge in [-0.05, 0) is 18.3 Å². The van der Waals surface area contributed by atoms with Crippen LogP contribution in [0.15, 0.2) is 48.1 Å². The molecule has 0 N–H and O–H groups in total. The third-order valence-electron chi connectivity index (χ3n) is 1.43. The number of hydrogen-bond donors (Lipinski definition) is 0. The monoisotopic (exact) mass is 160 g/mol. The van der Waals surface area contributed by atoms with Crippen molar-refractivity contribution < 1.29 is 0 Å². The van der Waals surface area contributed by atoms with E-state index in [0.29, 0.717) is 0 Å². The average molecular weight is 160 g/mol. The molecule has 0 fully saturated rings. The van der Waals surface area contributed by atoms with Gasteiger partial charge in [-0.3, -0.25) is 0 Å². The van der Waals surface area contributed by atoms with Crippen molar-refractivity contribution in [2.45, 2.75) is 0 Å². The molecular formula is C10H12N2. The van der Waals surface area contributed by atoms with Gasteiger partial charge in [0.05, 0.1) is 12.0 Å². The normalized spacial score (nSPS) is 10.1. The Morgan fingerprint density at radius 2 is 2.00 bits per heavy atom. The minimum atomic E-state index is 0.950. The number of para-hydroxylation sites is 1. The zero-order valence-electron chi connectivity index (χ0n) is 7.14. The number of hydrogen-bond acceptors (Lipinski definition) is 1. The molecule has 0 atom stereocenters. The van der Waals surface area contributed by atoms with Crippen molar-refractivity contribution in [1.29, 1.82) is 0 Å². The van der Waals surface area contributed by atoms with E-state index in [1.807, 2.05) is 37.4 Å². The van der Waals surface area contributed by atoms with Crippen LogP contribution >= 0.6 is 0 Å². The van der Waals surface area contributed by atoms with Crippen LogP contribution in [0.1, 0.15) is 0 Å². The predicted octanol–water partition coefficient (Wildman–Crippen LogP) is 2.42. The van der Waals surface area contributed by atoms with Crippen LogP contribution in [-0.4, -0.2) is 18.3 Å². The Hall–Kier alpha value is -1.57. The van der Waals surface area contributed by atoms with Crippen LogP contribution in [0.5, 0.6) is 0 Å². The van der Waals surface area contributed by atoms with E-state index in [9.17, 15) is 0 Å². The zero-order valence-corrected chi connectivity index (χ0v) is 7.14. The van der Waals surface area contributed by atoms with E-state index in [2.05, 4.69) is 11.6 Å². The third kappa shape index (κ3) is 2.58. The molecule has 0 amide bonds. The highest BCUT2D eigenvalue weighted by Crippen LogP contribution is 2.08. The van der Waals surface area contributed by atoms with E-state index in [-0.39, 0.29) is 0 Å². The molecule has 0 aliphatic heterocycles. The lowest BCUT2D eigenvalue weighted by molar-refractivity contribution is 0.713. The maximum absolute atomic E-state index is 4.21. The summed E-state index contributed by atoms with van der Waals surface area (Å²) < 4.78 is 0. The highest BCUT2D eigenvalue weighted by atomic mass is 15.1. The highest BCUT2D eigenvalue weighted by Gasteiger charge is 1.83. The molecule has 1 aromatic rings. The molecule has 2 heteroatoms. The van der Waals surface area contributed by atoms with Crippen molar-refractivity contribution in [3.8, 4) is 0 Å². The summed E-state index contributed by atoms with van der Waals surface area (Å²) in [5, 5.41) is 0. The van der Waals surface area contributed by atoms with E-state index in [1.54, 1.807) is 17.4 Å². The van der Waals surface area contributed by atoms with Crippen molar-refractivity contribution >= 4 is 12.0 Å². The molecule has 0 aromatic heterocycles. The van der Waals surface area contributed by atoms with Gasteiger partial charge in [0, 0.05) is 7.05 Å². The summed E-state index contributed by atoms with van der Waals surface area (Å²) in [4.78, 5) is 6.01. The van der Waals surface area contributed by atoms with Gasteiger partial charge >= 0.3 is 0 Å². The Balaban J connectivity index is 2.63. The van der Waals surface area contributed by atoms with Gasteiger partial charge in [0.25, 0.3) is 0 Å². The van der Waals surface area contributed by atoms with Crippen molar-refractivity contribution in [2.75, 3.05) is 7.05 Å². The molecule has 12 heavy (non-hydrogen) atoms. The second-order valence-corrected chi connectivity index (χ2v) is 2.43.